The molecule has 0 fully saturated rings. The molecule has 0 aromatic carbocycles. The first-order chi connectivity index (χ1) is 12.8. The lowest BCUT2D eigenvalue weighted by Gasteiger charge is -2.13. The fraction of sp³-hybridized carbons (Fsp3) is 0.762. The van der Waals surface area contributed by atoms with Crippen LogP contribution in [0, 0.1) is 6.92 Å². The van der Waals surface area contributed by atoms with Crippen molar-refractivity contribution >= 4 is 9.84 Å². The molecular formula is C21H37NO4S. The van der Waals surface area contributed by atoms with Gasteiger partial charge in [0.15, 0.2) is 15.7 Å². The number of aromatic hydroxyl groups is 1. The number of nitrogens with zero attached hydrogens (tertiary/aromatic N) is 1. The van der Waals surface area contributed by atoms with Crippen molar-refractivity contribution in [3.63, 3.8) is 0 Å². The van der Waals surface area contributed by atoms with Gasteiger partial charge in [0.05, 0.1) is 5.75 Å². The van der Waals surface area contributed by atoms with Crippen molar-refractivity contribution in [2.45, 2.75) is 97.3 Å². The van der Waals surface area contributed by atoms with Gasteiger partial charge in [0.25, 0.3) is 5.56 Å². The van der Waals surface area contributed by atoms with Gasteiger partial charge in [-0.1, -0.05) is 71.6 Å². The number of aryl methyl sites for hydroxylation is 1. The molecule has 1 aromatic rings. The van der Waals surface area contributed by atoms with E-state index in [1.165, 1.54) is 55.6 Å². The van der Waals surface area contributed by atoms with Crippen LogP contribution < -0.4 is 5.56 Å². The lowest BCUT2D eigenvalue weighted by Crippen LogP contribution is -2.27. The molecule has 27 heavy (non-hydrogen) atoms. The molecule has 1 aromatic heterocycles. The molecule has 6 heteroatoms. The highest BCUT2D eigenvalue weighted by molar-refractivity contribution is 7.90. The summed E-state index contributed by atoms with van der Waals surface area (Å²) in [7, 11) is -3.29. The van der Waals surface area contributed by atoms with Gasteiger partial charge < -0.3 is 5.11 Å². The van der Waals surface area contributed by atoms with Crippen LogP contribution in [0.15, 0.2) is 10.9 Å². The van der Waals surface area contributed by atoms with Crippen LogP contribution in [0.1, 0.15) is 89.2 Å². The molecule has 156 valence electrons. The molecular weight excluding hydrogens is 362 g/mol. The average molecular weight is 400 g/mol. The van der Waals surface area contributed by atoms with E-state index in [1.54, 1.807) is 13.8 Å². The van der Waals surface area contributed by atoms with Gasteiger partial charge in [-0.3, -0.25) is 9.36 Å². The Labute approximate surface area is 164 Å². The SMILES string of the molecule is CCCCCCCCCCCCn1c(O)cc(C)c(CS(=O)(=O)CC)c1=O. The van der Waals surface area contributed by atoms with E-state index in [4.69, 9.17) is 0 Å². The molecule has 0 bridgehead atoms. The van der Waals surface area contributed by atoms with E-state index in [2.05, 4.69) is 6.92 Å². The van der Waals surface area contributed by atoms with E-state index < -0.39 is 9.84 Å². The predicted molar refractivity (Wildman–Crippen MR) is 112 cm³/mol. The summed E-state index contributed by atoms with van der Waals surface area (Å²) < 4.78 is 25.1. The van der Waals surface area contributed by atoms with Gasteiger partial charge in [0.2, 0.25) is 0 Å². The van der Waals surface area contributed by atoms with Crippen LogP contribution in [-0.2, 0) is 22.1 Å². The van der Waals surface area contributed by atoms with E-state index in [0.29, 0.717) is 12.1 Å². The summed E-state index contributed by atoms with van der Waals surface area (Å²) in [6.45, 7) is 5.91. The smallest absolute Gasteiger partial charge is 0.257 e. The highest BCUT2D eigenvalue weighted by Gasteiger charge is 2.17. The Bertz CT molecular complexity index is 722. The summed E-state index contributed by atoms with van der Waals surface area (Å²) >= 11 is 0. The first kappa shape index (κ1) is 23.7. The van der Waals surface area contributed by atoms with Crippen LogP contribution in [0.2, 0.25) is 0 Å². The number of hydrogen-bond donors (Lipinski definition) is 1. The van der Waals surface area contributed by atoms with Gasteiger partial charge >= 0.3 is 0 Å². The van der Waals surface area contributed by atoms with Crippen molar-refractivity contribution < 1.29 is 13.5 Å². The molecule has 0 aliphatic carbocycles. The summed E-state index contributed by atoms with van der Waals surface area (Å²) in [5.41, 5.74) is 0.441. The molecule has 1 rings (SSSR count). The molecule has 0 unspecified atom stereocenters. The topological polar surface area (TPSA) is 76.4 Å². The largest absolute Gasteiger partial charge is 0.494 e. The third-order valence-electron chi connectivity index (χ3n) is 5.14. The molecule has 1 N–H and O–H groups in total. The lowest BCUT2D eigenvalue weighted by atomic mass is 10.1. The Morgan fingerprint density at radius 3 is 1.96 bits per heavy atom. The molecule has 0 saturated carbocycles. The normalized spacial score (nSPS) is 11.8. The minimum Gasteiger partial charge on any atom is -0.494 e. The van der Waals surface area contributed by atoms with Gasteiger partial charge in [-0.2, -0.15) is 0 Å². The lowest BCUT2D eigenvalue weighted by molar-refractivity contribution is 0.396. The van der Waals surface area contributed by atoms with Gasteiger partial charge in [0.1, 0.15) is 0 Å². The minimum atomic E-state index is -3.29. The monoisotopic (exact) mass is 399 g/mol. The van der Waals surface area contributed by atoms with Crippen LogP contribution in [-0.4, -0.2) is 23.8 Å². The zero-order chi connectivity index (χ0) is 20.3. The second-order valence-corrected chi connectivity index (χ2v) is 9.83. The number of unbranched alkanes of at least 4 members (excludes halogenated alkanes) is 9. The highest BCUT2D eigenvalue weighted by atomic mass is 32.2. The number of aromatic nitrogens is 1. The Hall–Kier alpha value is -1.30. The number of sulfone groups is 1. The Kier molecular flexibility index (Phi) is 10.7. The fourth-order valence-corrected chi connectivity index (χ4v) is 4.26. The maximum absolute atomic E-state index is 12.6. The van der Waals surface area contributed by atoms with Crippen LogP contribution in [0.25, 0.3) is 0 Å². The molecule has 0 saturated heterocycles. The summed E-state index contributed by atoms with van der Waals surface area (Å²) in [4.78, 5) is 12.6. The summed E-state index contributed by atoms with van der Waals surface area (Å²) in [5, 5.41) is 10.1. The van der Waals surface area contributed by atoms with Crippen molar-refractivity contribution in [1.29, 1.82) is 0 Å². The summed E-state index contributed by atoms with van der Waals surface area (Å²) in [6.07, 6.45) is 12.0. The van der Waals surface area contributed by atoms with Gasteiger partial charge in [-0.15, -0.1) is 0 Å². The first-order valence-corrected chi connectivity index (χ1v) is 12.3. The zero-order valence-electron chi connectivity index (χ0n) is 17.3. The predicted octanol–water partition coefficient (Wildman–Crippen LogP) is 4.72. The maximum Gasteiger partial charge on any atom is 0.257 e. The van der Waals surface area contributed by atoms with Gasteiger partial charge in [-0.05, 0) is 18.9 Å². The quantitative estimate of drug-likeness (QED) is 0.459. The van der Waals surface area contributed by atoms with Gasteiger partial charge in [-0.25, -0.2) is 8.42 Å². The fourth-order valence-electron chi connectivity index (χ4n) is 3.27. The van der Waals surface area contributed by atoms with E-state index >= 15 is 0 Å². The minimum absolute atomic E-state index is 0.00516. The first-order valence-electron chi connectivity index (χ1n) is 10.4. The average Bonchev–Trinajstić information content (AvgIpc) is 2.62. The number of rotatable bonds is 14. The third kappa shape index (κ3) is 8.50. The third-order valence-corrected chi connectivity index (χ3v) is 6.75. The van der Waals surface area contributed by atoms with Gasteiger partial charge in [0, 0.05) is 23.9 Å². The molecule has 5 nitrogen and oxygen atoms in total. The maximum atomic E-state index is 12.6. The zero-order valence-corrected chi connectivity index (χ0v) is 18.1. The molecule has 0 spiro atoms. The molecule has 0 aliphatic heterocycles. The van der Waals surface area contributed by atoms with Crippen LogP contribution >= 0.6 is 0 Å². The second kappa shape index (κ2) is 12.2. The van der Waals surface area contributed by atoms with Crippen molar-refractivity contribution in [2.75, 3.05) is 5.75 Å². The Morgan fingerprint density at radius 2 is 1.44 bits per heavy atom. The Balaban J connectivity index is 2.50. The van der Waals surface area contributed by atoms with Crippen molar-refractivity contribution in [3.05, 3.63) is 27.5 Å². The molecule has 0 amide bonds. The van der Waals surface area contributed by atoms with Crippen molar-refractivity contribution in [2.24, 2.45) is 0 Å². The number of pyridine rings is 1. The van der Waals surface area contributed by atoms with E-state index in [1.807, 2.05) is 0 Å². The molecule has 1 heterocycles. The van der Waals surface area contributed by atoms with Crippen LogP contribution in [0.4, 0.5) is 0 Å². The summed E-state index contributed by atoms with van der Waals surface area (Å²) in [6, 6.07) is 1.50. The molecule has 0 aliphatic rings. The number of hydrogen-bond acceptors (Lipinski definition) is 4. The van der Waals surface area contributed by atoms with Crippen LogP contribution in [0.5, 0.6) is 5.88 Å². The standard InChI is InChI=1S/C21H37NO4S/c1-4-6-7-8-9-10-11-12-13-14-15-22-20(23)16-18(3)19(21(22)24)17-27(25,26)5-2/h16,23H,4-15,17H2,1-3H3. The van der Waals surface area contributed by atoms with Crippen molar-refractivity contribution in [3.8, 4) is 5.88 Å². The van der Waals surface area contributed by atoms with Crippen LogP contribution in [0.3, 0.4) is 0 Å². The molecule has 0 atom stereocenters. The van der Waals surface area contributed by atoms with E-state index in [0.717, 1.165) is 19.3 Å². The van der Waals surface area contributed by atoms with E-state index in [9.17, 15) is 18.3 Å². The summed E-state index contributed by atoms with van der Waals surface area (Å²) in [5.74, 6) is -0.330. The Morgan fingerprint density at radius 1 is 0.926 bits per heavy atom. The molecule has 0 radical (unpaired) electrons. The van der Waals surface area contributed by atoms with E-state index in [-0.39, 0.29) is 28.5 Å². The second-order valence-electron chi connectivity index (χ2n) is 7.48. The highest BCUT2D eigenvalue weighted by Crippen LogP contribution is 2.17. The van der Waals surface area contributed by atoms with Crippen molar-refractivity contribution in [1.82, 2.24) is 4.57 Å².